The summed E-state index contributed by atoms with van der Waals surface area (Å²) in [7, 11) is -2.15. The van der Waals surface area contributed by atoms with Gasteiger partial charge in [-0.3, -0.25) is 4.90 Å². The number of carbonyl (C=O) groups excluding carboxylic acids is 1. The third kappa shape index (κ3) is 6.08. The number of piperazine rings is 1. The maximum absolute atomic E-state index is 13.1. The predicted octanol–water partition coefficient (Wildman–Crippen LogP) is 3.31. The fourth-order valence-corrected chi connectivity index (χ4v) is 5.87. The van der Waals surface area contributed by atoms with E-state index in [1.54, 1.807) is 16.4 Å². The smallest absolute Gasteiger partial charge is 0.328 e. The summed E-state index contributed by atoms with van der Waals surface area (Å²) in [6.45, 7) is 8.35. The van der Waals surface area contributed by atoms with E-state index >= 15 is 0 Å². The number of benzene rings is 2. The lowest BCUT2D eigenvalue weighted by Gasteiger charge is -2.33. The second-order valence-electron chi connectivity index (χ2n) is 9.57. The zero-order valence-electron chi connectivity index (χ0n) is 21.8. The van der Waals surface area contributed by atoms with E-state index < -0.39 is 16.1 Å². The number of hydrogen-bond acceptors (Lipinski definition) is 8. The molecule has 0 aliphatic carbocycles. The van der Waals surface area contributed by atoms with E-state index in [2.05, 4.69) is 10.2 Å². The Balaban J connectivity index is 1.49. The molecule has 0 radical (unpaired) electrons. The number of methoxy groups -OCH3 is 1. The number of aromatic nitrogens is 2. The number of para-hydroxylation sites is 1. The molecule has 1 fully saturated rings. The van der Waals surface area contributed by atoms with E-state index in [0.29, 0.717) is 49.3 Å². The van der Waals surface area contributed by atoms with Gasteiger partial charge in [-0.25, -0.2) is 23.2 Å². The molecule has 1 N–H and O–H groups in total. The molecule has 2 heterocycles. The van der Waals surface area contributed by atoms with Crippen molar-refractivity contribution in [2.45, 2.75) is 44.7 Å². The molecule has 1 aliphatic rings. The number of aryl methyl sites for hydroxylation is 1. The third-order valence-corrected chi connectivity index (χ3v) is 8.64. The normalized spacial score (nSPS) is 16.1. The Hall–Kier alpha value is -3.08. The highest BCUT2D eigenvalue weighted by Crippen LogP contribution is 2.24. The average molecular weight is 526 g/mol. The molecule has 10 heteroatoms. The van der Waals surface area contributed by atoms with Crippen molar-refractivity contribution < 1.29 is 17.9 Å². The zero-order chi connectivity index (χ0) is 26.6. The van der Waals surface area contributed by atoms with Crippen molar-refractivity contribution in [3.63, 3.8) is 0 Å². The second kappa shape index (κ2) is 11.5. The highest BCUT2D eigenvalue weighted by Gasteiger charge is 2.29. The van der Waals surface area contributed by atoms with Crippen LogP contribution in [0.5, 0.6) is 0 Å². The van der Waals surface area contributed by atoms with Gasteiger partial charge in [-0.2, -0.15) is 4.31 Å². The van der Waals surface area contributed by atoms with Gasteiger partial charge < -0.3 is 10.1 Å². The van der Waals surface area contributed by atoms with Gasteiger partial charge in [0.15, 0.2) is 0 Å². The molecule has 0 amide bonds. The van der Waals surface area contributed by atoms with Gasteiger partial charge in [-0.15, -0.1) is 0 Å². The van der Waals surface area contributed by atoms with Crippen LogP contribution in [-0.4, -0.2) is 72.9 Å². The van der Waals surface area contributed by atoms with Crippen molar-refractivity contribution in [3.05, 3.63) is 59.9 Å². The summed E-state index contributed by atoms with van der Waals surface area (Å²) in [4.78, 5) is 24.3. The molecule has 0 bridgehead atoms. The average Bonchev–Trinajstić information content (AvgIpc) is 2.91. The Morgan fingerprint density at radius 1 is 1.03 bits per heavy atom. The van der Waals surface area contributed by atoms with E-state index in [9.17, 15) is 13.2 Å². The summed E-state index contributed by atoms with van der Waals surface area (Å²) < 4.78 is 32.8. The highest BCUT2D eigenvalue weighted by molar-refractivity contribution is 7.89. The van der Waals surface area contributed by atoms with Crippen molar-refractivity contribution in [2.24, 2.45) is 5.92 Å². The lowest BCUT2D eigenvalue weighted by molar-refractivity contribution is -0.142. The number of sulfonamides is 1. The first-order valence-electron chi connectivity index (χ1n) is 12.6. The Bertz CT molecular complexity index is 1340. The molecular formula is C27H35N5O4S. The van der Waals surface area contributed by atoms with Gasteiger partial charge in [0.05, 0.1) is 24.1 Å². The molecule has 1 aliphatic heterocycles. The highest BCUT2D eigenvalue weighted by atomic mass is 32.2. The summed E-state index contributed by atoms with van der Waals surface area (Å²) in [5.74, 6) is 0.847. The minimum Gasteiger partial charge on any atom is -0.467 e. The van der Waals surface area contributed by atoms with E-state index in [4.69, 9.17) is 14.7 Å². The Labute approximate surface area is 218 Å². The van der Waals surface area contributed by atoms with Gasteiger partial charge in [0.2, 0.25) is 10.0 Å². The molecule has 2 aromatic carbocycles. The third-order valence-electron chi connectivity index (χ3n) is 6.73. The Kier molecular flexibility index (Phi) is 8.41. The number of anilines is 1. The molecular weight excluding hydrogens is 490 g/mol. The van der Waals surface area contributed by atoms with Crippen LogP contribution in [0.15, 0.2) is 53.4 Å². The van der Waals surface area contributed by atoms with Crippen molar-refractivity contribution in [1.82, 2.24) is 19.2 Å². The monoisotopic (exact) mass is 525 g/mol. The summed E-state index contributed by atoms with van der Waals surface area (Å²) in [5.41, 5.74) is 1.89. The van der Waals surface area contributed by atoms with Gasteiger partial charge >= 0.3 is 5.97 Å². The first-order chi connectivity index (χ1) is 17.7. The molecule has 4 rings (SSSR count). The largest absolute Gasteiger partial charge is 0.467 e. The molecule has 1 saturated heterocycles. The summed E-state index contributed by atoms with van der Waals surface area (Å²) in [6.07, 6.45) is 0.869. The fourth-order valence-electron chi connectivity index (χ4n) is 4.45. The van der Waals surface area contributed by atoms with Crippen LogP contribution >= 0.6 is 0 Å². The van der Waals surface area contributed by atoms with Crippen molar-refractivity contribution in [1.29, 1.82) is 0 Å². The number of ether oxygens (including phenoxy) is 1. The lowest BCUT2D eigenvalue weighted by atomic mass is 10.0. The number of rotatable bonds is 9. The fraction of sp³-hybridized carbons (Fsp3) is 0.444. The number of fused-ring (bicyclic) bond motifs is 1. The minimum atomic E-state index is -3.53. The molecule has 37 heavy (non-hydrogen) atoms. The van der Waals surface area contributed by atoms with Crippen LogP contribution in [0.25, 0.3) is 10.9 Å². The quantitative estimate of drug-likeness (QED) is 0.425. The Morgan fingerprint density at radius 3 is 2.32 bits per heavy atom. The van der Waals surface area contributed by atoms with Crippen molar-refractivity contribution in [2.75, 3.05) is 38.6 Å². The van der Waals surface area contributed by atoms with Crippen molar-refractivity contribution >= 4 is 32.7 Å². The van der Waals surface area contributed by atoms with Crippen LogP contribution in [0, 0.1) is 5.92 Å². The van der Waals surface area contributed by atoms with Crippen LogP contribution in [0.1, 0.15) is 32.2 Å². The predicted molar refractivity (Wildman–Crippen MR) is 144 cm³/mol. The van der Waals surface area contributed by atoms with Crippen LogP contribution in [0.3, 0.4) is 0 Å². The number of esters is 1. The second-order valence-corrected chi connectivity index (χ2v) is 11.5. The van der Waals surface area contributed by atoms with Gasteiger partial charge in [-0.1, -0.05) is 45.0 Å². The number of nitrogens with zero attached hydrogens (tertiary/aromatic N) is 4. The van der Waals surface area contributed by atoms with Crippen LogP contribution in [0.2, 0.25) is 0 Å². The zero-order valence-corrected chi connectivity index (χ0v) is 22.7. The molecule has 3 aromatic rings. The van der Waals surface area contributed by atoms with E-state index in [-0.39, 0.29) is 11.9 Å². The molecule has 0 saturated carbocycles. The number of hydrogen-bond donors (Lipinski definition) is 1. The molecule has 9 nitrogen and oxygen atoms in total. The van der Waals surface area contributed by atoms with Crippen LogP contribution in [-0.2, 0) is 32.5 Å². The lowest BCUT2D eigenvalue weighted by Crippen LogP contribution is -2.48. The minimum absolute atomic E-state index is 0.00201. The Morgan fingerprint density at radius 2 is 1.70 bits per heavy atom. The maximum Gasteiger partial charge on any atom is 0.328 e. The first kappa shape index (κ1) is 27.0. The standard InChI is InChI=1S/C27H35N5O4S/c1-5-20-10-12-21(13-11-20)37(34,35)32-16-14-31(15-17-32)18-24-28-23-9-7-6-8-22(23)26(29-24)30-25(19(2)3)27(33)36-4/h6-13,19,25H,5,14-18H2,1-4H3,(H,28,29,30)/t25-/m0/s1. The number of nitrogens with one attached hydrogen (secondary N) is 1. The van der Waals surface area contributed by atoms with Crippen molar-refractivity contribution in [3.8, 4) is 0 Å². The maximum atomic E-state index is 13.1. The van der Waals surface area contributed by atoms with E-state index in [0.717, 1.165) is 22.9 Å². The first-order valence-corrected chi connectivity index (χ1v) is 14.1. The van der Waals surface area contributed by atoms with Gasteiger partial charge in [0.1, 0.15) is 17.7 Å². The molecule has 1 aromatic heterocycles. The van der Waals surface area contributed by atoms with Gasteiger partial charge in [0, 0.05) is 31.6 Å². The summed E-state index contributed by atoms with van der Waals surface area (Å²) in [5, 5.41) is 4.10. The summed E-state index contributed by atoms with van der Waals surface area (Å²) in [6, 6.07) is 14.2. The SMILES string of the molecule is CCc1ccc(S(=O)(=O)N2CCN(Cc3nc(N[C@H](C(=O)OC)C(C)C)c4ccccc4n3)CC2)cc1. The van der Waals surface area contributed by atoms with Crippen LogP contribution < -0.4 is 5.32 Å². The van der Waals surface area contributed by atoms with E-state index in [1.807, 2.05) is 57.2 Å². The molecule has 0 unspecified atom stereocenters. The molecule has 1 atom stereocenters. The summed E-state index contributed by atoms with van der Waals surface area (Å²) >= 11 is 0. The van der Waals surface area contributed by atoms with Gasteiger partial charge in [-0.05, 0) is 42.2 Å². The molecule has 198 valence electrons. The topological polar surface area (TPSA) is 105 Å². The van der Waals surface area contributed by atoms with Gasteiger partial charge in [0.25, 0.3) is 0 Å². The molecule has 0 spiro atoms. The van der Waals surface area contributed by atoms with Crippen LogP contribution in [0.4, 0.5) is 5.82 Å². The van der Waals surface area contributed by atoms with E-state index in [1.165, 1.54) is 7.11 Å². The number of carbonyl (C=O) groups is 1.